The van der Waals surface area contributed by atoms with Gasteiger partial charge in [0, 0.05) is 13.2 Å². The molecule has 0 saturated carbocycles. The highest BCUT2D eigenvalue weighted by molar-refractivity contribution is 5.36. The van der Waals surface area contributed by atoms with Crippen molar-refractivity contribution in [1.82, 2.24) is 0 Å². The molecule has 1 heteroatoms. The van der Waals surface area contributed by atoms with Crippen molar-refractivity contribution in [1.29, 1.82) is 0 Å². The molecule has 0 fully saturated rings. The molecule has 0 bridgehead atoms. The normalized spacial score (nSPS) is 20.7. The summed E-state index contributed by atoms with van der Waals surface area (Å²) in [5.74, 6) is 0.566. The summed E-state index contributed by atoms with van der Waals surface area (Å²) in [7, 11) is 0. The number of rotatable bonds is 8. The van der Waals surface area contributed by atoms with Crippen molar-refractivity contribution in [2.24, 2.45) is 11.3 Å². The minimum Gasteiger partial charge on any atom is -0.382 e. The van der Waals surface area contributed by atoms with Gasteiger partial charge >= 0.3 is 0 Å². The van der Waals surface area contributed by atoms with Crippen LogP contribution in [-0.4, -0.2) is 13.2 Å². The number of allylic oxidation sites excluding steroid dienone is 8. The van der Waals surface area contributed by atoms with E-state index >= 15 is 0 Å². The second-order valence-corrected chi connectivity index (χ2v) is 7.52. The Kier molecular flexibility index (Phi) is 8.62. The van der Waals surface area contributed by atoms with Crippen molar-refractivity contribution >= 4 is 0 Å². The minimum absolute atomic E-state index is 0.322. The predicted octanol–water partition coefficient (Wildman–Crippen LogP) is 6.63. The van der Waals surface area contributed by atoms with Gasteiger partial charge in [-0.05, 0) is 63.4 Å². The standard InChI is InChI=1S/C22H36O/c1-7-23-17-15-19(3)11-8-10-18(2)13-14-21-20(4)12-9-16-22(21,5)6/h8,10-11,13-14,19H,7,9,12,15-17H2,1-6H3/b11-8+,14-13+,18-10+. The first-order chi connectivity index (χ1) is 10.9. The van der Waals surface area contributed by atoms with Gasteiger partial charge in [-0.1, -0.05) is 62.3 Å². The topological polar surface area (TPSA) is 9.23 Å². The molecule has 1 rings (SSSR count). The Balaban J connectivity index is 2.59. The molecule has 1 unspecified atom stereocenters. The molecule has 0 radical (unpaired) electrons. The summed E-state index contributed by atoms with van der Waals surface area (Å²) >= 11 is 0. The van der Waals surface area contributed by atoms with Gasteiger partial charge in [0.05, 0.1) is 0 Å². The van der Waals surface area contributed by atoms with Crippen molar-refractivity contribution in [3.63, 3.8) is 0 Å². The fourth-order valence-corrected chi connectivity index (χ4v) is 3.19. The molecule has 130 valence electrons. The molecule has 0 heterocycles. The van der Waals surface area contributed by atoms with Crippen LogP contribution in [0, 0.1) is 11.3 Å². The zero-order chi connectivity index (χ0) is 17.3. The van der Waals surface area contributed by atoms with Gasteiger partial charge in [-0.15, -0.1) is 0 Å². The maximum absolute atomic E-state index is 5.40. The SMILES string of the molecule is CCOCCC(C)/C=C/C=C(C)/C=C/C1=C(C)CCCC1(C)C. The Labute approximate surface area is 144 Å². The van der Waals surface area contributed by atoms with Crippen molar-refractivity contribution in [2.45, 2.75) is 67.2 Å². The zero-order valence-corrected chi connectivity index (χ0v) is 16.1. The average Bonchev–Trinajstić information content (AvgIpc) is 2.46. The third kappa shape index (κ3) is 7.35. The molecule has 1 nitrogen and oxygen atoms in total. The van der Waals surface area contributed by atoms with Gasteiger partial charge in [0.25, 0.3) is 0 Å². The Morgan fingerprint density at radius 3 is 2.74 bits per heavy atom. The lowest BCUT2D eigenvalue weighted by Crippen LogP contribution is -2.19. The molecule has 0 aromatic heterocycles. The van der Waals surface area contributed by atoms with Crippen molar-refractivity contribution in [2.75, 3.05) is 13.2 Å². The minimum atomic E-state index is 0.322. The largest absolute Gasteiger partial charge is 0.382 e. The van der Waals surface area contributed by atoms with Gasteiger partial charge in [0.15, 0.2) is 0 Å². The second kappa shape index (κ2) is 9.93. The van der Waals surface area contributed by atoms with E-state index in [4.69, 9.17) is 4.74 Å². The van der Waals surface area contributed by atoms with Gasteiger partial charge in [-0.3, -0.25) is 0 Å². The Bertz CT molecular complexity index is 474. The fourth-order valence-electron chi connectivity index (χ4n) is 3.19. The summed E-state index contributed by atoms with van der Waals surface area (Å²) in [5, 5.41) is 0. The van der Waals surface area contributed by atoms with Crippen molar-refractivity contribution < 1.29 is 4.74 Å². The molecule has 0 N–H and O–H groups in total. The molecular formula is C22H36O. The van der Waals surface area contributed by atoms with Crippen molar-refractivity contribution in [3.8, 4) is 0 Å². The quantitative estimate of drug-likeness (QED) is 0.360. The molecule has 1 aliphatic carbocycles. The summed E-state index contributed by atoms with van der Waals surface area (Å²) in [6.45, 7) is 15.2. The zero-order valence-electron chi connectivity index (χ0n) is 16.1. The highest BCUT2D eigenvalue weighted by atomic mass is 16.5. The van der Waals surface area contributed by atoms with E-state index in [1.54, 1.807) is 5.57 Å². The Morgan fingerprint density at radius 1 is 1.35 bits per heavy atom. The van der Waals surface area contributed by atoms with E-state index in [0.29, 0.717) is 11.3 Å². The van der Waals surface area contributed by atoms with Crippen LogP contribution in [0.5, 0.6) is 0 Å². The van der Waals surface area contributed by atoms with E-state index in [2.05, 4.69) is 65.0 Å². The summed E-state index contributed by atoms with van der Waals surface area (Å²) in [5.41, 5.74) is 4.72. The molecule has 23 heavy (non-hydrogen) atoms. The summed E-state index contributed by atoms with van der Waals surface area (Å²) in [6.07, 6.45) is 16.2. The summed E-state index contributed by atoms with van der Waals surface area (Å²) in [4.78, 5) is 0. The molecule has 0 aromatic carbocycles. The first-order valence-corrected chi connectivity index (χ1v) is 9.18. The van der Waals surface area contributed by atoms with E-state index in [9.17, 15) is 0 Å². The summed E-state index contributed by atoms with van der Waals surface area (Å²) < 4.78 is 5.40. The lowest BCUT2D eigenvalue weighted by Gasteiger charge is -2.32. The van der Waals surface area contributed by atoms with E-state index in [0.717, 1.165) is 19.6 Å². The molecule has 0 saturated heterocycles. The highest BCUT2D eigenvalue weighted by Gasteiger charge is 2.26. The van der Waals surface area contributed by atoms with Crippen LogP contribution in [0.2, 0.25) is 0 Å². The molecule has 0 aliphatic heterocycles. The predicted molar refractivity (Wildman–Crippen MR) is 103 cm³/mol. The van der Waals surface area contributed by atoms with Crippen LogP contribution >= 0.6 is 0 Å². The van der Waals surface area contributed by atoms with Crippen LogP contribution in [0.15, 0.2) is 47.1 Å². The molecule has 0 amide bonds. The van der Waals surface area contributed by atoms with Crippen LogP contribution in [-0.2, 0) is 4.74 Å². The fraction of sp³-hybridized carbons (Fsp3) is 0.636. The lowest BCUT2D eigenvalue weighted by molar-refractivity contribution is 0.138. The monoisotopic (exact) mass is 316 g/mol. The van der Waals surface area contributed by atoms with Crippen LogP contribution < -0.4 is 0 Å². The molecule has 1 aliphatic rings. The van der Waals surface area contributed by atoms with Crippen molar-refractivity contribution in [3.05, 3.63) is 47.1 Å². The molecular weight excluding hydrogens is 280 g/mol. The Morgan fingerprint density at radius 2 is 2.09 bits per heavy atom. The van der Waals surface area contributed by atoms with E-state index in [-0.39, 0.29) is 0 Å². The van der Waals surface area contributed by atoms with Crippen LogP contribution in [0.3, 0.4) is 0 Å². The van der Waals surface area contributed by atoms with Gasteiger partial charge < -0.3 is 4.74 Å². The Hall–Kier alpha value is -1.08. The summed E-state index contributed by atoms with van der Waals surface area (Å²) in [6, 6.07) is 0. The maximum atomic E-state index is 5.40. The highest BCUT2D eigenvalue weighted by Crippen LogP contribution is 2.40. The van der Waals surface area contributed by atoms with E-state index < -0.39 is 0 Å². The molecule has 0 aromatic rings. The maximum Gasteiger partial charge on any atom is 0.0471 e. The number of ether oxygens (including phenoxy) is 1. The molecule has 0 spiro atoms. The number of hydrogen-bond donors (Lipinski definition) is 0. The van der Waals surface area contributed by atoms with Crippen LogP contribution in [0.25, 0.3) is 0 Å². The third-order valence-corrected chi connectivity index (χ3v) is 4.78. The van der Waals surface area contributed by atoms with Crippen LogP contribution in [0.1, 0.15) is 67.2 Å². The average molecular weight is 317 g/mol. The van der Waals surface area contributed by atoms with Gasteiger partial charge in [0.2, 0.25) is 0 Å². The van der Waals surface area contributed by atoms with Gasteiger partial charge in [-0.2, -0.15) is 0 Å². The second-order valence-electron chi connectivity index (χ2n) is 7.52. The van der Waals surface area contributed by atoms with Gasteiger partial charge in [-0.25, -0.2) is 0 Å². The van der Waals surface area contributed by atoms with E-state index in [1.807, 2.05) is 6.92 Å². The van der Waals surface area contributed by atoms with Gasteiger partial charge in [0.1, 0.15) is 0 Å². The van der Waals surface area contributed by atoms with Crippen LogP contribution in [0.4, 0.5) is 0 Å². The smallest absolute Gasteiger partial charge is 0.0471 e. The third-order valence-electron chi connectivity index (χ3n) is 4.78. The first-order valence-electron chi connectivity index (χ1n) is 9.18. The number of hydrogen-bond acceptors (Lipinski definition) is 1. The van der Waals surface area contributed by atoms with E-state index in [1.165, 1.54) is 30.4 Å². The first kappa shape index (κ1) is 20.0. The molecule has 1 atom stereocenters. The lowest BCUT2D eigenvalue weighted by atomic mass is 9.72.